The lowest BCUT2D eigenvalue weighted by Gasteiger charge is -2.20. The van der Waals surface area contributed by atoms with Crippen LogP contribution in [-0.4, -0.2) is 15.9 Å². The minimum absolute atomic E-state index is 0.118. The Morgan fingerprint density at radius 2 is 1.88 bits per heavy atom. The summed E-state index contributed by atoms with van der Waals surface area (Å²) in [6, 6.07) is 0. The number of carbonyl (C=O) groups excluding carboxylic acids is 1. The summed E-state index contributed by atoms with van der Waals surface area (Å²) in [5.74, 6) is 1.01. The molecule has 0 radical (unpaired) electrons. The van der Waals surface area contributed by atoms with Crippen molar-refractivity contribution in [1.29, 1.82) is 0 Å². The summed E-state index contributed by atoms with van der Waals surface area (Å²) < 4.78 is 0. The average molecular weight is 219 g/mol. The van der Waals surface area contributed by atoms with Gasteiger partial charge in [0.1, 0.15) is 5.82 Å². The van der Waals surface area contributed by atoms with E-state index in [0.29, 0.717) is 5.69 Å². The molecule has 4 heteroatoms. The molecule has 1 aromatic rings. The topological polar surface area (TPSA) is 54.9 Å². The van der Waals surface area contributed by atoms with Gasteiger partial charge in [0, 0.05) is 5.92 Å². The van der Waals surface area contributed by atoms with Crippen molar-refractivity contribution in [3.05, 3.63) is 18.2 Å². The summed E-state index contributed by atoms with van der Waals surface area (Å²) in [6.45, 7) is 1.83. The highest BCUT2D eigenvalue weighted by molar-refractivity contribution is 5.92. The number of anilines is 1. The van der Waals surface area contributed by atoms with E-state index in [-0.39, 0.29) is 11.8 Å². The third kappa shape index (κ3) is 2.78. The number of aryl methyl sites for hydroxylation is 1. The van der Waals surface area contributed by atoms with Crippen molar-refractivity contribution in [2.75, 3.05) is 5.32 Å². The van der Waals surface area contributed by atoms with Gasteiger partial charge in [-0.25, -0.2) is 9.97 Å². The Bertz CT molecular complexity index is 355. The lowest BCUT2D eigenvalue weighted by Crippen LogP contribution is -2.24. The molecular formula is C12H17N3O. The van der Waals surface area contributed by atoms with Crippen LogP contribution in [-0.2, 0) is 4.79 Å². The number of carbonyl (C=O) groups is 1. The lowest BCUT2D eigenvalue weighted by molar-refractivity contribution is -0.120. The van der Waals surface area contributed by atoms with Crippen LogP contribution in [0.1, 0.15) is 37.9 Å². The summed E-state index contributed by atoms with van der Waals surface area (Å²) in [5.41, 5.74) is 0.696. The van der Waals surface area contributed by atoms with Crippen molar-refractivity contribution in [2.24, 2.45) is 5.92 Å². The zero-order valence-corrected chi connectivity index (χ0v) is 9.57. The van der Waals surface area contributed by atoms with Gasteiger partial charge in [-0.15, -0.1) is 0 Å². The number of hydrogen-bond donors (Lipinski definition) is 1. The van der Waals surface area contributed by atoms with Crippen molar-refractivity contribution in [3.8, 4) is 0 Å². The normalized spacial score (nSPS) is 17.1. The SMILES string of the molecule is Cc1ncc(NC(=O)C2CCCCC2)cn1. The van der Waals surface area contributed by atoms with Crippen LogP contribution in [0.15, 0.2) is 12.4 Å². The molecule has 4 nitrogen and oxygen atoms in total. The van der Waals surface area contributed by atoms with E-state index < -0.39 is 0 Å². The molecule has 2 rings (SSSR count). The molecule has 0 spiro atoms. The first-order valence-corrected chi connectivity index (χ1v) is 5.85. The molecule has 0 aliphatic heterocycles. The van der Waals surface area contributed by atoms with Gasteiger partial charge in [-0.1, -0.05) is 19.3 Å². The predicted octanol–water partition coefficient (Wildman–Crippen LogP) is 2.30. The molecule has 0 unspecified atom stereocenters. The van der Waals surface area contributed by atoms with Crippen molar-refractivity contribution in [3.63, 3.8) is 0 Å². The fraction of sp³-hybridized carbons (Fsp3) is 0.583. The van der Waals surface area contributed by atoms with Crippen LogP contribution in [0.3, 0.4) is 0 Å². The fourth-order valence-electron chi connectivity index (χ4n) is 2.07. The number of aromatic nitrogens is 2. The Kier molecular flexibility index (Phi) is 3.49. The Hall–Kier alpha value is -1.45. The van der Waals surface area contributed by atoms with Crippen LogP contribution in [0.4, 0.5) is 5.69 Å². The highest BCUT2D eigenvalue weighted by atomic mass is 16.1. The van der Waals surface area contributed by atoms with E-state index in [0.717, 1.165) is 18.7 Å². The summed E-state index contributed by atoms with van der Waals surface area (Å²) >= 11 is 0. The second-order valence-corrected chi connectivity index (χ2v) is 4.34. The summed E-state index contributed by atoms with van der Waals surface area (Å²) in [7, 11) is 0. The minimum Gasteiger partial charge on any atom is -0.323 e. The first kappa shape index (κ1) is 11.0. The molecule has 1 N–H and O–H groups in total. The molecule has 1 heterocycles. The summed E-state index contributed by atoms with van der Waals surface area (Å²) in [5, 5.41) is 2.87. The maximum Gasteiger partial charge on any atom is 0.227 e. The number of hydrogen-bond acceptors (Lipinski definition) is 3. The molecule has 16 heavy (non-hydrogen) atoms. The first-order chi connectivity index (χ1) is 7.75. The molecule has 1 aromatic heterocycles. The molecule has 1 fully saturated rings. The van der Waals surface area contributed by atoms with Gasteiger partial charge in [-0.3, -0.25) is 4.79 Å². The zero-order chi connectivity index (χ0) is 11.4. The minimum atomic E-state index is 0.118. The van der Waals surface area contributed by atoms with Crippen LogP contribution < -0.4 is 5.32 Å². The second-order valence-electron chi connectivity index (χ2n) is 4.34. The molecule has 86 valence electrons. The first-order valence-electron chi connectivity index (χ1n) is 5.85. The van der Waals surface area contributed by atoms with Gasteiger partial charge in [0.15, 0.2) is 0 Å². The van der Waals surface area contributed by atoms with Gasteiger partial charge in [0.25, 0.3) is 0 Å². The lowest BCUT2D eigenvalue weighted by atomic mass is 9.89. The van der Waals surface area contributed by atoms with E-state index in [1.807, 2.05) is 6.92 Å². The molecule has 1 aliphatic carbocycles. The standard InChI is InChI=1S/C12H17N3O/c1-9-13-7-11(8-14-9)15-12(16)10-5-3-2-4-6-10/h7-8,10H,2-6H2,1H3,(H,15,16). The van der Waals surface area contributed by atoms with Crippen molar-refractivity contribution < 1.29 is 4.79 Å². The fourth-order valence-corrected chi connectivity index (χ4v) is 2.07. The van der Waals surface area contributed by atoms with Crippen LogP contribution in [0.25, 0.3) is 0 Å². The van der Waals surface area contributed by atoms with E-state index in [9.17, 15) is 4.79 Å². The molecule has 0 saturated heterocycles. The highest BCUT2D eigenvalue weighted by Gasteiger charge is 2.20. The van der Waals surface area contributed by atoms with Gasteiger partial charge < -0.3 is 5.32 Å². The second kappa shape index (κ2) is 5.05. The van der Waals surface area contributed by atoms with Gasteiger partial charge in [-0.2, -0.15) is 0 Å². The summed E-state index contributed by atoms with van der Waals surface area (Å²) in [6.07, 6.45) is 8.94. The van der Waals surface area contributed by atoms with Crippen LogP contribution in [0, 0.1) is 12.8 Å². The Balaban J connectivity index is 1.93. The Labute approximate surface area is 95.5 Å². The van der Waals surface area contributed by atoms with E-state index >= 15 is 0 Å². The van der Waals surface area contributed by atoms with E-state index in [2.05, 4.69) is 15.3 Å². The summed E-state index contributed by atoms with van der Waals surface area (Å²) in [4.78, 5) is 20.0. The van der Waals surface area contributed by atoms with Crippen LogP contribution >= 0.6 is 0 Å². The number of rotatable bonds is 2. The molecule has 0 aromatic carbocycles. The van der Waals surface area contributed by atoms with E-state index in [1.54, 1.807) is 12.4 Å². The molecule has 1 amide bonds. The van der Waals surface area contributed by atoms with Gasteiger partial charge in [0.2, 0.25) is 5.91 Å². The number of amides is 1. The Morgan fingerprint density at radius 3 is 2.50 bits per heavy atom. The zero-order valence-electron chi connectivity index (χ0n) is 9.57. The third-order valence-corrected chi connectivity index (χ3v) is 3.02. The maximum atomic E-state index is 11.9. The van der Waals surface area contributed by atoms with Crippen LogP contribution in [0.2, 0.25) is 0 Å². The van der Waals surface area contributed by atoms with E-state index in [1.165, 1.54) is 19.3 Å². The van der Waals surface area contributed by atoms with Crippen molar-refractivity contribution in [1.82, 2.24) is 9.97 Å². The van der Waals surface area contributed by atoms with Gasteiger partial charge >= 0.3 is 0 Å². The van der Waals surface area contributed by atoms with Crippen molar-refractivity contribution >= 4 is 11.6 Å². The monoisotopic (exact) mass is 219 g/mol. The molecule has 0 atom stereocenters. The highest BCUT2D eigenvalue weighted by Crippen LogP contribution is 2.24. The van der Waals surface area contributed by atoms with Crippen LogP contribution in [0.5, 0.6) is 0 Å². The third-order valence-electron chi connectivity index (χ3n) is 3.02. The Morgan fingerprint density at radius 1 is 1.25 bits per heavy atom. The number of nitrogens with one attached hydrogen (secondary N) is 1. The predicted molar refractivity (Wildman–Crippen MR) is 62.0 cm³/mol. The molecule has 0 bridgehead atoms. The quantitative estimate of drug-likeness (QED) is 0.830. The van der Waals surface area contributed by atoms with Gasteiger partial charge in [-0.05, 0) is 19.8 Å². The maximum absolute atomic E-state index is 11.9. The number of nitrogens with zero attached hydrogens (tertiary/aromatic N) is 2. The molecule has 1 aliphatic rings. The van der Waals surface area contributed by atoms with Gasteiger partial charge in [0.05, 0.1) is 18.1 Å². The van der Waals surface area contributed by atoms with E-state index in [4.69, 9.17) is 0 Å². The van der Waals surface area contributed by atoms with Crippen molar-refractivity contribution in [2.45, 2.75) is 39.0 Å². The average Bonchev–Trinajstić information content (AvgIpc) is 2.33. The molecular weight excluding hydrogens is 202 g/mol. The smallest absolute Gasteiger partial charge is 0.227 e. The molecule has 1 saturated carbocycles. The largest absolute Gasteiger partial charge is 0.323 e.